The zero-order valence-corrected chi connectivity index (χ0v) is 18.6. The molecule has 0 bridgehead atoms. The van der Waals surface area contributed by atoms with Crippen LogP contribution >= 0.6 is 11.3 Å². The van der Waals surface area contributed by atoms with Crippen molar-refractivity contribution in [1.29, 1.82) is 0 Å². The molecule has 33 heavy (non-hydrogen) atoms. The molecule has 1 amide bonds. The molecule has 5 rings (SSSR count). The summed E-state index contributed by atoms with van der Waals surface area (Å²) in [6.45, 7) is 2.72. The Balaban J connectivity index is 1.30. The average molecular weight is 477 g/mol. The van der Waals surface area contributed by atoms with Crippen LogP contribution in [0.4, 0.5) is 13.9 Å². The number of carbonyl (C=O) groups excluding carboxylic acids is 1. The van der Waals surface area contributed by atoms with Crippen molar-refractivity contribution >= 4 is 32.6 Å². The van der Waals surface area contributed by atoms with Gasteiger partial charge in [-0.05, 0) is 12.5 Å². The van der Waals surface area contributed by atoms with Crippen LogP contribution in [0, 0.1) is 0 Å². The summed E-state index contributed by atoms with van der Waals surface area (Å²) in [5.41, 5.74) is 0.678. The number of alkyl halides is 2. The quantitative estimate of drug-likeness (QED) is 0.600. The summed E-state index contributed by atoms with van der Waals surface area (Å²) in [5.74, 6) is -3.11. The van der Waals surface area contributed by atoms with Crippen LogP contribution in [0.25, 0.3) is 10.2 Å². The molecule has 8 nitrogen and oxygen atoms in total. The van der Waals surface area contributed by atoms with Gasteiger partial charge in [0.2, 0.25) is 11.5 Å². The number of likely N-dealkylation sites (tertiary alicyclic amines) is 1. The third kappa shape index (κ3) is 4.30. The second-order valence-electron chi connectivity index (χ2n) is 8.19. The van der Waals surface area contributed by atoms with Gasteiger partial charge in [-0.2, -0.15) is 0 Å². The molecule has 3 aromatic rings. The standard InChI is InChI=1S/C22H22F2N4O4S/c1-12(28-5-4-22(23,24)14(11-28)13-2-3-19(29)25-10-13)20(30)27-21-26-15-8-16-17(9-18(15)33-21)32-7-6-31-16/h2-3,8-10,12,14H,4-7,11H2,1H3,(H,25,29)(H,26,27,30)/t12-,14?/m0/s1. The van der Waals surface area contributed by atoms with Crippen LogP contribution in [0.2, 0.25) is 0 Å². The van der Waals surface area contributed by atoms with Crippen molar-refractivity contribution in [3.63, 3.8) is 0 Å². The number of H-pyrrole nitrogens is 1. The van der Waals surface area contributed by atoms with Gasteiger partial charge in [0.1, 0.15) is 13.2 Å². The minimum Gasteiger partial charge on any atom is -0.486 e. The molecule has 1 unspecified atom stereocenters. The number of rotatable bonds is 4. The van der Waals surface area contributed by atoms with Crippen LogP contribution in [0.1, 0.15) is 24.8 Å². The average Bonchev–Trinajstić information content (AvgIpc) is 3.18. The first-order chi connectivity index (χ1) is 15.8. The molecule has 2 aromatic heterocycles. The molecular weight excluding hydrogens is 454 g/mol. The van der Waals surface area contributed by atoms with E-state index in [4.69, 9.17) is 9.47 Å². The molecule has 1 aromatic carbocycles. The first-order valence-corrected chi connectivity index (χ1v) is 11.4. The summed E-state index contributed by atoms with van der Waals surface area (Å²) in [7, 11) is 0. The van der Waals surface area contributed by atoms with E-state index in [2.05, 4.69) is 15.3 Å². The maximum absolute atomic E-state index is 14.6. The van der Waals surface area contributed by atoms with Crippen molar-refractivity contribution in [3.8, 4) is 11.5 Å². The van der Waals surface area contributed by atoms with Gasteiger partial charge in [0.15, 0.2) is 16.6 Å². The third-order valence-corrected chi connectivity index (χ3v) is 7.01. The van der Waals surface area contributed by atoms with Gasteiger partial charge < -0.3 is 19.8 Å². The number of carbonyl (C=O) groups is 1. The predicted molar refractivity (Wildman–Crippen MR) is 120 cm³/mol. The fraction of sp³-hybridized carbons (Fsp3) is 0.409. The van der Waals surface area contributed by atoms with E-state index in [1.807, 2.05) is 6.07 Å². The van der Waals surface area contributed by atoms with Crippen molar-refractivity contribution in [2.24, 2.45) is 0 Å². The van der Waals surface area contributed by atoms with Crippen LogP contribution in [0.5, 0.6) is 11.5 Å². The number of aromatic amines is 1. The van der Waals surface area contributed by atoms with Crippen LogP contribution in [-0.4, -0.2) is 59.0 Å². The Morgan fingerprint density at radius 3 is 2.79 bits per heavy atom. The molecule has 4 heterocycles. The van der Waals surface area contributed by atoms with E-state index in [1.165, 1.54) is 29.7 Å². The smallest absolute Gasteiger partial charge is 0.257 e. The van der Waals surface area contributed by atoms with Gasteiger partial charge in [-0.25, -0.2) is 13.8 Å². The fourth-order valence-electron chi connectivity index (χ4n) is 4.16. The zero-order chi connectivity index (χ0) is 23.2. The Morgan fingerprint density at radius 1 is 1.30 bits per heavy atom. The largest absolute Gasteiger partial charge is 0.486 e. The number of anilines is 1. The fourth-order valence-corrected chi connectivity index (χ4v) is 5.04. The van der Waals surface area contributed by atoms with Crippen LogP contribution in [0.3, 0.4) is 0 Å². The highest BCUT2D eigenvalue weighted by Gasteiger charge is 2.46. The van der Waals surface area contributed by atoms with Gasteiger partial charge in [-0.15, -0.1) is 0 Å². The number of aromatic nitrogens is 2. The van der Waals surface area contributed by atoms with Gasteiger partial charge in [0.25, 0.3) is 5.92 Å². The Bertz CT molecular complexity index is 1200. The molecule has 2 aliphatic rings. The van der Waals surface area contributed by atoms with Gasteiger partial charge in [-0.3, -0.25) is 14.5 Å². The Kier molecular flexibility index (Phi) is 5.53. The molecule has 2 atom stereocenters. The zero-order valence-electron chi connectivity index (χ0n) is 17.8. The summed E-state index contributed by atoms with van der Waals surface area (Å²) in [4.78, 5) is 32.9. The van der Waals surface area contributed by atoms with Crippen molar-refractivity contribution in [1.82, 2.24) is 14.9 Å². The number of pyridine rings is 1. The summed E-state index contributed by atoms with van der Waals surface area (Å²) in [5, 5.41) is 3.23. The molecule has 0 spiro atoms. The third-order valence-electron chi connectivity index (χ3n) is 6.08. The highest BCUT2D eigenvalue weighted by molar-refractivity contribution is 7.22. The molecule has 11 heteroatoms. The summed E-state index contributed by atoms with van der Waals surface area (Å²) in [6, 6.07) is 5.63. The van der Waals surface area contributed by atoms with E-state index in [1.54, 1.807) is 17.9 Å². The monoisotopic (exact) mass is 476 g/mol. The lowest BCUT2D eigenvalue weighted by molar-refractivity contribution is -0.125. The normalized spacial score (nSPS) is 21.0. The van der Waals surface area contributed by atoms with Crippen LogP contribution in [-0.2, 0) is 4.79 Å². The van der Waals surface area contributed by atoms with Crippen molar-refractivity contribution in [2.45, 2.75) is 31.2 Å². The molecular formula is C22H22F2N4O4S. The Labute approximate surface area is 191 Å². The molecule has 2 N–H and O–H groups in total. The van der Waals surface area contributed by atoms with E-state index in [0.29, 0.717) is 40.9 Å². The number of halogens is 2. The Hall–Kier alpha value is -3.05. The summed E-state index contributed by atoms with van der Waals surface area (Å²) >= 11 is 1.31. The van der Waals surface area contributed by atoms with Gasteiger partial charge in [0, 0.05) is 43.9 Å². The van der Waals surface area contributed by atoms with E-state index >= 15 is 0 Å². The van der Waals surface area contributed by atoms with Crippen LogP contribution in [0.15, 0.2) is 35.3 Å². The number of ether oxygens (including phenoxy) is 2. The molecule has 2 aliphatic heterocycles. The van der Waals surface area contributed by atoms with Crippen LogP contribution < -0.4 is 20.3 Å². The highest BCUT2D eigenvalue weighted by Crippen LogP contribution is 2.41. The second-order valence-corrected chi connectivity index (χ2v) is 9.22. The maximum atomic E-state index is 14.6. The molecule has 0 aliphatic carbocycles. The van der Waals surface area contributed by atoms with E-state index in [9.17, 15) is 18.4 Å². The first kappa shape index (κ1) is 21.8. The number of amides is 1. The number of nitrogens with zero attached hydrogens (tertiary/aromatic N) is 2. The lowest BCUT2D eigenvalue weighted by Crippen LogP contribution is -2.52. The summed E-state index contributed by atoms with van der Waals surface area (Å²) < 4.78 is 41.3. The number of fused-ring (bicyclic) bond motifs is 2. The van der Waals surface area contributed by atoms with Gasteiger partial charge in [-0.1, -0.05) is 17.4 Å². The second kappa shape index (κ2) is 8.38. The molecule has 1 fully saturated rings. The molecule has 0 radical (unpaired) electrons. The van der Waals surface area contributed by atoms with Crippen molar-refractivity contribution in [2.75, 3.05) is 31.6 Å². The number of benzene rings is 1. The molecule has 0 saturated carbocycles. The number of hydrogen-bond donors (Lipinski definition) is 2. The van der Waals surface area contributed by atoms with E-state index in [-0.39, 0.29) is 31.0 Å². The number of piperidine rings is 1. The minimum atomic E-state index is -2.93. The Morgan fingerprint density at radius 2 is 2.06 bits per heavy atom. The van der Waals surface area contributed by atoms with Crippen molar-refractivity contribution < 1.29 is 23.0 Å². The van der Waals surface area contributed by atoms with Gasteiger partial charge in [0.05, 0.1) is 22.2 Å². The SMILES string of the molecule is C[C@@H](C(=O)Nc1nc2cc3c(cc2s1)OCCO3)N1CCC(F)(F)C(c2ccc(=O)[nH]c2)C1. The maximum Gasteiger partial charge on any atom is 0.257 e. The topological polar surface area (TPSA) is 96.6 Å². The first-order valence-electron chi connectivity index (χ1n) is 10.6. The summed E-state index contributed by atoms with van der Waals surface area (Å²) in [6.07, 6.45) is 0.949. The van der Waals surface area contributed by atoms with E-state index < -0.39 is 17.9 Å². The highest BCUT2D eigenvalue weighted by atomic mass is 32.1. The lowest BCUT2D eigenvalue weighted by Gasteiger charge is -2.40. The van der Waals surface area contributed by atoms with Crippen molar-refractivity contribution in [3.05, 3.63) is 46.4 Å². The predicted octanol–water partition coefficient (Wildman–Crippen LogP) is 3.21. The molecule has 1 saturated heterocycles. The number of hydrogen-bond acceptors (Lipinski definition) is 7. The van der Waals surface area contributed by atoms with E-state index in [0.717, 1.165) is 4.70 Å². The minimum absolute atomic E-state index is 0.00509. The lowest BCUT2D eigenvalue weighted by atomic mass is 9.87. The number of thiazole rings is 1. The number of nitrogens with one attached hydrogen (secondary N) is 2. The van der Waals surface area contributed by atoms with Gasteiger partial charge >= 0.3 is 0 Å². The molecule has 174 valence electrons.